The smallest absolute Gasteiger partial charge is 0.335 e. The molecule has 2 rings (SSSR count). The van der Waals surface area contributed by atoms with Gasteiger partial charge in [-0.1, -0.05) is 6.07 Å². The summed E-state index contributed by atoms with van der Waals surface area (Å²) in [4.78, 5) is 24.7. The molecule has 0 aliphatic carbocycles. The lowest BCUT2D eigenvalue weighted by molar-refractivity contribution is -0.111. The van der Waals surface area contributed by atoms with E-state index in [0.717, 1.165) is 4.88 Å². The van der Waals surface area contributed by atoms with Crippen LogP contribution in [0.1, 0.15) is 20.1 Å². The topological polar surface area (TPSA) is 66.4 Å². The molecule has 102 valence electrons. The van der Waals surface area contributed by atoms with Gasteiger partial charge in [0.25, 0.3) is 0 Å². The summed E-state index contributed by atoms with van der Waals surface area (Å²) in [6.45, 7) is 2.00. The first-order chi connectivity index (χ1) is 9.54. The molecule has 2 aromatic rings. The van der Waals surface area contributed by atoms with Gasteiger partial charge in [-0.2, -0.15) is 0 Å². The highest BCUT2D eigenvalue weighted by atomic mass is 32.1. The van der Waals surface area contributed by atoms with Crippen LogP contribution in [0, 0.1) is 6.92 Å². The van der Waals surface area contributed by atoms with E-state index in [9.17, 15) is 9.59 Å². The molecular formula is C15H13NO3S. The van der Waals surface area contributed by atoms with Crippen LogP contribution in [0.15, 0.2) is 42.5 Å². The summed E-state index contributed by atoms with van der Waals surface area (Å²) < 4.78 is 0. The quantitative estimate of drug-likeness (QED) is 0.847. The van der Waals surface area contributed by atoms with Crippen LogP contribution < -0.4 is 5.32 Å². The van der Waals surface area contributed by atoms with E-state index in [1.54, 1.807) is 29.5 Å². The Balaban J connectivity index is 2.02. The predicted octanol–water partition coefficient (Wildman–Crippen LogP) is 3.41. The number of hydrogen-bond acceptors (Lipinski definition) is 3. The van der Waals surface area contributed by atoms with Crippen molar-refractivity contribution in [1.29, 1.82) is 0 Å². The van der Waals surface area contributed by atoms with E-state index in [2.05, 4.69) is 5.32 Å². The van der Waals surface area contributed by atoms with E-state index in [1.165, 1.54) is 23.1 Å². The van der Waals surface area contributed by atoms with E-state index in [1.807, 2.05) is 19.1 Å². The highest BCUT2D eigenvalue weighted by molar-refractivity contribution is 7.12. The highest BCUT2D eigenvalue weighted by Crippen LogP contribution is 2.16. The number of aromatic carboxylic acids is 1. The van der Waals surface area contributed by atoms with E-state index >= 15 is 0 Å². The van der Waals surface area contributed by atoms with Crippen molar-refractivity contribution in [3.63, 3.8) is 0 Å². The zero-order valence-electron chi connectivity index (χ0n) is 10.8. The molecule has 0 unspecified atom stereocenters. The molecule has 1 amide bonds. The van der Waals surface area contributed by atoms with E-state index < -0.39 is 5.97 Å². The maximum Gasteiger partial charge on any atom is 0.335 e. The fourth-order valence-corrected chi connectivity index (χ4v) is 2.39. The second-order valence-corrected chi connectivity index (χ2v) is 5.48. The first-order valence-electron chi connectivity index (χ1n) is 5.93. The molecule has 0 atom stereocenters. The Bertz CT molecular complexity index is 673. The van der Waals surface area contributed by atoms with E-state index in [0.29, 0.717) is 5.69 Å². The normalized spacial score (nSPS) is 10.7. The number of carboxylic acid groups (broad SMARTS) is 1. The summed E-state index contributed by atoms with van der Waals surface area (Å²) in [5.41, 5.74) is 0.600. The monoisotopic (exact) mass is 287 g/mol. The molecule has 0 radical (unpaired) electrons. The van der Waals surface area contributed by atoms with Gasteiger partial charge in [0.15, 0.2) is 0 Å². The Morgan fingerprint density at radius 2 is 2.05 bits per heavy atom. The van der Waals surface area contributed by atoms with Crippen LogP contribution in [-0.4, -0.2) is 17.0 Å². The largest absolute Gasteiger partial charge is 0.478 e. The molecule has 5 heteroatoms. The number of thiophene rings is 1. The van der Waals surface area contributed by atoms with Crippen molar-refractivity contribution >= 4 is 35.0 Å². The summed E-state index contributed by atoms with van der Waals surface area (Å²) in [7, 11) is 0. The number of carbonyl (C=O) groups is 2. The van der Waals surface area contributed by atoms with E-state index in [-0.39, 0.29) is 11.5 Å². The lowest BCUT2D eigenvalue weighted by Crippen LogP contribution is -2.08. The number of carbonyl (C=O) groups excluding carboxylic acids is 1. The Kier molecular flexibility index (Phi) is 4.32. The Morgan fingerprint density at radius 1 is 1.25 bits per heavy atom. The first-order valence-corrected chi connectivity index (χ1v) is 6.75. The molecule has 1 aromatic carbocycles. The number of anilines is 1. The Morgan fingerprint density at radius 3 is 2.70 bits per heavy atom. The SMILES string of the molecule is Cc1ccc(/C=C/C(=O)Nc2cccc(C(=O)O)c2)s1. The third-order valence-corrected chi connectivity index (χ3v) is 3.50. The van der Waals surface area contributed by atoms with Crippen LogP contribution in [0.2, 0.25) is 0 Å². The molecular weight excluding hydrogens is 274 g/mol. The minimum absolute atomic E-state index is 0.140. The number of aryl methyl sites for hydroxylation is 1. The number of hydrogen-bond donors (Lipinski definition) is 2. The molecule has 0 aliphatic rings. The van der Waals surface area contributed by atoms with Crippen LogP contribution in [-0.2, 0) is 4.79 Å². The number of rotatable bonds is 4. The summed E-state index contributed by atoms with van der Waals surface area (Å²) in [6.07, 6.45) is 3.16. The van der Waals surface area contributed by atoms with Gasteiger partial charge in [-0.15, -0.1) is 11.3 Å². The van der Waals surface area contributed by atoms with E-state index in [4.69, 9.17) is 5.11 Å². The average Bonchev–Trinajstić information content (AvgIpc) is 2.82. The first kappa shape index (κ1) is 14.0. The molecule has 1 aromatic heterocycles. The molecule has 0 aliphatic heterocycles. The van der Waals surface area contributed by atoms with Crippen molar-refractivity contribution in [3.8, 4) is 0 Å². The Labute approximate surface area is 120 Å². The van der Waals surface area contributed by atoms with Gasteiger partial charge in [-0.3, -0.25) is 4.79 Å². The standard InChI is InChI=1S/C15H13NO3S/c1-10-5-6-13(20-10)7-8-14(17)16-12-4-2-3-11(9-12)15(18)19/h2-9H,1H3,(H,16,17)(H,18,19)/b8-7+. The zero-order valence-corrected chi connectivity index (χ0v) is 11.6. The van der Waals surface area contributed by atoms with Crippen molar-refractivity contribution in [2.75, 3.05) is 5.32 Å². The number of benzene rings is 1. The van der Waals surface area contributed by atoms with Crippen molar-refractivity contribution in [2.24, 2.45) is 0 Å². The van der Waals surface area contributed by atoms with Crippen LogP contribution >= 0.6 is 11.3 Å². The van der Waals surface area contributed by atoms with Gasteiger partial charge < -0.3 is 10.4 Å². The summed E-state index contributed by atoms with van der Waals surface area (Å²) >= 11 is 1.60. The predicted molar refractivity (Wildman–Crippen MR) is 80.1 cm³/mol. The van der Waals surface area contributed by atoms with Crippen molar-refractivity contribution in [1.82, 2.24) is 0 Å². The molecule has 0 bridgehead atoms. The van der Waals surface area contributed by atoms with Crippen molar-refractivity contribution < 1.29 is 14.7 Å². The third-order valence-electron chi connectivity index (χ3n) is 2.54. The average molecular weight is 287 g/mol. The molecule has 0 saturated carbocycles. The van der Waals surface area contributed by atoms with Gasteiger partial charge in [0.05, 0.1) is 5.56 Å². The molecule has 0 fully saturated rings. The zero-order chi connectivity index (χ0) is 14.5. The number of carboxylic acids is 1. The van der Waals surface area contributed by atoms with Crippen molar-refractivity contribution in [2.45, 2.75) is 6.92 Å². The molecule has 1 heterocycles. The minimum Gasteiger partial charge on any atom is -0.478 e. The second-order valence-electron chi connectivity index (χ2n) is 4.16. The van der Waals surface area contributed by atoms with Crippen LogP contribution in [0.4, 0.5) is 5.69 Å². The molecule has 20 heavy (non-hydrogen) atoms. The van der Waals surface area contributed by atoms with Gasteiger partial charge in [0, 0.05) is 21.5 Å². The summed E-state index contributed by atoms with van der Waals surface area (Å²) in [5, 5.41) is 11.5. The fraction of sp³-hybridized carbons (Fsp3) is 0.0667. The summed E-state index contributed by atoms with van der Waals surface area (Å²) in [5.74, 6) is -1.32. The molecule has 0 spiro atoms. The van der Waals surface area contributed by atoms with Gasteiger partial charge >= 0.3 is 5.97 Å². The lowest BCUT2D eigenvalue weighted by Gasteiger charge is -2.02. The lowest BCUT2D eigenvalue weighted by atomic mass is 10.2. The van der Waals surface area contributed by atoms with Crippen LogP contribution in [0.3, 0.4) is 0 Å². The fourth-order valence-electron chi connectivity index (χ4n) is 1.61. The molecule has 0 saturated heterocycles. The Hall–Kier alpha value is -2.40. The maximum absolute atomic E-state index is 11.7. The summed E-state index contributed by atoms with van der Waals surface area (Å²) in [6, 6.07) is 10.1. The number of nitrogens with one attached hydrogen (secondary N) is 1. The van der Waals surface area contributed by atoms with Gasteiger partial charge in [-0.25, -0.2) is 4.79 Å². The number of amides is 1. The minimum atomic E-state index is -1.02. The molecule has 2 N–H and O–H groups in total. The van der Waals surface area contributed by atoms with Gasteiger partial charge in [-0.05, 0) is 43.3 Å². The van der Waals surface area contributed by atoms with Gasteiger partial charge in [0.2, 0.25) is 5.91 Å². The van der Waals surface area contributed by atoms with Crippen LogP contribution in [0.5, 0.6) is 0 Å². The molecule has 4 nitrogen and oxygen atoms in total. The van der Waals surface area contributed by atoms with Crippen LogP contribution in [0.25, 0.3) is 6.08 Å². The van der Waals surface area contributed by atoms with Crippen molar-refractivity contribution in [3.05, 3.63) is 57.8 Å². The second kappa shape index (κ2) is 6.16. The van der Waals surface area contributed by atoms with Gasteiger partial charge in [0.1, 0.15) is 0 Å². The third kappa shape index (κ3) is 3.80. The highest BCUT2D eigenvalue weighted by Gasteiger charge is 2.04. The maximum atomic E-state index is 11.7.